The van der Waals surface area contributed by atoms with Gasteiger partial charge in [0.15, 0.2) is 11.5 Å². The zero-order valence-electron chi connectivity index (χ0n) is 11.4. The second-order valence-corrected chi connectivity index (χ2v) is 4.33. The summed E-state index contributed by atoms with van der Waals surface area (Å²) in [7, 11) is 1.21. The lowest BCUT2D eigenvalue weighted by Gasteiger charge is -2.11. The van der Waals surface area contributed by atoms with Crippen LogP contribution in [-0.2, 0) is 4.74 Å². The van der Waals surface area contributed by atoms with Gasteiger partial charge in [-0.2, -0.15) is 0 Å². The van der Waals surface area contributed by atoms with Crippen molar-refractivity contribution in [1.82, 2.24) is 4.98 Å². The number of hydrogen-bond donors (Lipinski definition) is 2. The van der Waals surface area contributed by atoms with Crippen molar-refractivity contribution < 1.29 is 18.3 Å². The number of rotatable bonds is 3. The Morgan fingerprint density at radius 3 is 2.67 bits per heavy atom. The number of esters is 1. The van der Waals surface area contributed by atoms with E-state index in [0.717, 1.165) is 12.1 Å². The van der Waals surface area contributed by atoms with Crippen LogP contribution in [0, 0.1) is 18.6 Å². The lowest BCUT2D eigenvalue weighted by molar-refractivity contribution is 0.0594. The number of carbonyl (C=O) groups is 1. The number of nitrogens with two attached hydrogens (primary N) is 1. The molecule has 3 N–H and O–H groups in total. The van der Waals surface area contributed by atoms with E-state index in [9.17, 15) is 13.6 Å². The van der Waals surface area contributed by atoms with E-state index in [-0.39, 0.29) is 28.5 Å². The van der Waals surface area contributed by atoms with E-state index in [2.05, 4.69) is 15.0 Å². The number of nitrogen functional groups attached to an aromatic ring is 1. The number of benzene rings is 1. The van der Waals surface area contributed by atoms with Crippen molar-refractivity contribution in [3.63, 3.8) is 0 Å². The van der Waals surface area contributed by atoms with Crippen molar-refractivity contribution in [3.8, 4) is 0 Å². The van der Waals surface area contributed by atoms with E-state index in [1.54, 1.807) is 0 Å². The van der Waals surface area contributed by atoms with Gasteiger partial charge >= 0.3 is 5.97 Å². The van der Waals surface area contributed by atoms with Gasteiger partial charge in [0.25, 0.3) is 0 Å². The molecule has 1 heterocycles. The van der Waals surface area contributed by atoms with Gasteiger partial charge in [0, 0.05) is 6.07 Å². The molecule has 21 heavy (non-hydrogen) atoms. The predicted molar refractivity (Wildman–Crippen MR) is 74.4 cm³/mol. The van der Waals surface area contributed by atoms with Crippen LogP contribution >= 0.6 is 0 Å². The molecule has 1 aromatic heterocycles. The summed E-state index contributed by atoms with van der Waals surface area (Å²) in [5, 5.41) is 2.57. The molecular weight excluding hydrogens is 280 g/mol. The first-order chi connectivity index (χ1) is 9.92. The number of ether oxygens (including phenoxy) is 1. The van der Waals surface area contributed by atoms with Gasteiger partial charge in [0.2, 0.25) is 0 Å². The molecule has 2 rings (SSSR count). The van der Waals surface area contributed by atoms with E-state index in [1.165, 1.54) is 26.2 Å². The Hall–Kier alpha value is -2.70. The van der Waals surface area contributed by atoms with Gasteiger partial charge in [-0.25, -0.2) is 18.6 Å². The van der Waals surface area contributed by atoms with E-state index in [0.29, 0.717) is 0 Å². The Kier molecular flexibility index (Phi) is 4.02. The van der Waals surface area contributed by atoms with E-state index in [1.807, 2.05) is 0 Å². The fourth-order valence-corrected chi connectivity index (χ4v) is 1.66. The maximum Gasteiger partial charge on any atom is 0.356 e. The summed E-state index contributed by atoms with van der Waals surface area (Å²) < 4.78 is 31.8. The molecule has 0 aliphatic heterocycles. The normalized spacial score (nSPS) is 10.3. The molecule has 0 bridgehead atoms. The fourth-order valence-electron chi connectivity index (χ4n) is 1.66. The highest BCUT2D eigenvalue weighted by Crippen LogP contribution is 2.25. The van der Waals surface area contributed by atoms with Crippen LogP contribution in [-0.4, -0.2) is 18.1 Å². The number of halogens is 2. The number of nitrogens with one attached hydrogen (secondary N) is 1. The van der Waals surface area contributed by atoms with Crippen molar-refractivity contribution in [2.75, 3.05) is 18.2 Å². The molecule has 110 valence electrons. The molecule has 0 fully saturated rings. The number of carbonyl (C=O) groups excluding carboxylic acids is 1. The number of aryl methyl sites for hydroxylation is 1. The van der Waals surface area contributed by atoms with Crippen LogP contribution in [0.3, 0.4) is 0 Å². The quantitative estimate of drug-likeness (QED) is 0.851. The molecule has 2 aromatic rings. The maximum absolute atomic E-state index is 13.8. The molecule has 0 unspecified atom stereocenters. The predicted octanol–water partition coefficient (Wildman–Crippen LogP) is 2.78. The Morgan fingerprint density at radius 1 is 1.29 bits per heavy atom. The Balaban J connectivity index is 2.39. The number of nitrogens with zero attached hydrogens (tertiary/aromatic N) is 1. The van der Waals surface area contributed by atoms with Gasteiger partial charge in [0.1, 0.15) is 11.6 Å². The van der Waals surface area contributed by atoms with Gasteiger partial charge in [-0.1, -0.05) is 0 Å². The number of anilines is 3. The first-order valence-electron chi connectivity index (χ1n) is 6.00. The molecule has 7 heteroatoms. The van der Waals surface area contributed by atoms with Gasteiger partial charge in [-0.3, -0.25) is 0 Å². The standard InChI is InChI=1S/C14H13F2N3O2/c1-7-5-9(16)12(6-8(7)15)19-13-10(17)3-4-11(18-13)14(20)21-2/h3-6H,17H2,1-2H3,(H,18,19). The van der Waals surface area contributed by atoms with Gasteiger partial charge < -0.3 is 15.8 Å². The molecule has 1 aromatic carbocycles. The third kappa shape index (κ3) is 3.07. The Bertz CT molecular complexity index is 705. The molecule has 0 aliphatic rings. The SMILES string of the molecule is COC(=O)c1ccc(N)c(Nc2cc(F)c(C)cc2F)n1. The summed E-state index contributed by atoms with van der Waals surface area (Å²) >= 11 is 0. The molecule has 0 saturated heterocycles. The van der Waals surface area contributed by atoms with Gasteiger partial charge in [-0.15, -0.1) is 0 Å². The van der Waals surface area contributed by atoms with Crippen molar-refractivity contribution in [1.29, 1.82) is 0 Å². The summed E-state index contributed by atoms with van der Waals surface area (Å²) in [6.45, 7) is 1.45. The molecule has 0 amide bonds. The monoisotopic (exact) mass is 293 g/mol. The topological polar surface area (TPSA) is 77.2 Å². The maximum atomic E-state index is 13.8. The van der Waals surface area contributed by atoms with Crippen LogP contribution in [0.15, 0.2) is 24.3 Å². The summed E-state index contributed by atoms with van der Waals surface area (Å²) in [5.41, 5.74) is 5.95. The Morgan fingerprint density at radius 2 is 2.00 bits per heavy atom. The van der Waals surface area contributed by atoms with Gasteiger partial charge in [-0.05, 0) is 30.7 Å². The van der Waals surface area contributed by atoms with Crippen molar-refractivity contribution in [2.45, 2.75) is 6.92 Å². The number of aromatic nitrogens is 1. The van der Waals surface area contributed by atoms with Crippen molar-refractivity contribution in [2.24, 2.45) is 0 Å². The minimum atomic E-state index is -0.659. The minimum absolute atomic E-state index is 0.00203. The second-order valence-electron chi connectivity index (χ2n) is 4.33. The molecule has 0 radical (unpaired) electrons. The zero-order valence-corrected chi connectivity index (χ0v) is 11.4. The minimum Gasteiger partial charge on any atom is -0.464 e. The Labute approximate surface area is 119 Å². The lowest BCUT2D eigenvalue weighted by Crippen LogP contribution is -2.08. The van der Waals surface area contributed by atoms with Crippen LogP contribution < -0.4 is 11.1 Å². The second kappa shape index (κ2) is 5.74. The van der Waals surface area contributed by atoms with Crippen LogP contribution in [0.1, 0.15) is 16.1 Å². The lowest BCUT2D eigenvalue weighted by atomic mass is 10.2. The molecule has 5 nitrogen and oxygen atoms in total. The highest BCUT2D eigenvalue weighted by molar-refractivity contribution is 5.88. The number of hydrogen-bond acceptors (Lipinski definition) is 5. The largest absolute Gasteiger partial charge is 0.464 e. The average Bonchev–Trinajstić information content (AvgIpc) is 2.46. The third-order valence-corrected chi connectivity index (χ3v) is 2.82. The van der Waals surface area contributed by atoms with Gasteiger partial charge in [0.05, 0.1) is 18.5 Å². The van der Waals surface area contributed by atoms with E-state index >= 15 is 0 Å². The van der Waals surface area contributed by atoms with Crippen LogP contribution in [0.2, 0.25) is 0 Å². The molecule has 0 aliphatic carbocycles. The number of pyridine rings is 1. The molecule has 0 spiro atoms. The smallest absolute Gasteiger partial charge is 0.356 e. The van der Waals surface area contributed by atoms with Crippen molar-refractivity contribution >= 4 is 23.2 Å². The highest BCUT2D eigenvalue weighted by atomic mass is 19.1. The molecule has 0 saturated carbocycles. The molecule has 0 atom stereocenters. The van der Waals surface area contributed by atoms with Crippen LogP contribution in [0.4, 0.5) is 26.0 Å². The third-order valence-electron chi connectivity index (χ3n) is 2.82. The average molecular weight is 293 g/mol. The fraction of sp³-hybridized carbons (Fsp3) is 0.143. The molecular formula is C14H13F2N3O2. The number of methoxy groups -OCH3 is 1. The first-order valence-corrected chi connectivity index (χ1v) is 6.00. The van der Waals surface area contributed by atoms with Crippen molar-refractivity contribution in [3.05, 3.63) is 47.2 Å². The first kappa shape index (κ1) is 14.7. The van der Waals surface area contributed by atoms with E-state index in [4.69, 9.17) is 5.73 Å². The van der Waals surface area contributed by atoms with Crippen LogP contribution in [0.25, 0.3) is 0 Å². The highest BCUT2D eigenvalue weighted by Gasteiger charge is 2.13. The summed E-state index contributed by atoms with van der Waals surface area (Å²) in [5.74, 6) is -1.84. The zero-order chi connectivity index (χ0) is 15.6. The van der Waals surface area contributed by atoms with E-state index < -0.39 is 17.6 Å². The van der Waals surface area contributed by atoms with Crippen LogP contribution in [0.5, 0.6) is 0 Å². The summed E-state index contributed by atoms with van der Waals surface area (Å²) in [6, 6.07) is 4.84. The summed E-state index contributed by atoms with van der Waals surface area (Å²) in [4.78, 5) is 15.3. The summed E-state index contributed by atoms with van der Waals surface area (Å²) in [6.07, 6.45) is 0.